The second-order valence-electron chi connectivity index (χ2n) is 4.31. The first-order chi connectivity index (χ1) is 9.52. The van der Waals surface area contributed by atoms with Crippen molar-refractivity contribution in [1.82, 2.24) is 5.43 Å². The van der Waals surface area contributed by atoms with Gasteiger partial charge in [-0.2, -0.15) is 0 Å². The predicted molar refractivity (Wildman–Crippen MR) is 79.3 cm³/mol. The minimum Gasteiger partial charge on any atom is -0.271 e. The summed E-state index contributed by atoms with van der Waals surface area (Å²) in [6.45, 7) is 0. The van der Waals surface area contributed by atoms with Crippen molar-refractivity contribution in [2.45, 2.75) is 12.5 Å². The van der Waals surface area contributed by atoms with Crippen molar-refractivity contribution in [1.29, 1.82) is 0 Å². The topological polar surface area (TPSA) is 38.0 Å². The summed E-state index contributed by atoms with van der Waals surface area (Å²) in [5.74, 6) is 4.16. The first-order valence-corrected chi connectivity index (χ1v) is 7.04. The Hall–Kier alpha value is -1.01. The molecule has 0 spiro atoms. The van der Waals surface area contributed by atoms with Crippen LogP contribution in [0.2, 0.25) is 5.02 Å². The van der Waals surface area contributed by atoms with E-state index in [0.717, 1.165) is 5.56 Å². The number of nitrogens with one attached hydrogen (secondary N) is 1. The molecule has 0 aliphatic carbocycles. The molecular weight excluding hydrogens is 350 g/mol. The fourth-order valence-electron chi connectivity index (χ4n) is 1.96. The number of hydrazine groups is 1. The third kappa shape index (κ3) is 3.35. The molecule has 2 rings (SSSR count). The van der Waals surface area contributed by atoms with E-state index in [1.165, 1.54) is 12.1 Å². The minimum atomic E-state index is -0.673. The summed E-state index contributed by atoms with van der Waals surface area (Å²) in [6, 6.07) is 8.88. The van der Waals surface area contributed by atoms with E-state index >= 15 is 0 Å². The highest BCUT2D eigenvalue weighted by Crippen LogP contribution is 2.28. The van der Waals surface area contributed by atoms with Gasteiger partial charge >= 0.3 is 0 Å². The van der Waals surface area contributed by atoms with E-state index < -0.39 is 17.7 Å². The first kappa shape index (κ1) is 15.4. The molecule has 3 N–H and O–H groups in total. The zero-order valence-corrected chi connectivity index (χ0v) is 12.7. The van der Waals surface area contributed by atoms with Gasteiger partial charge in [0.1, 0.15) is 11.6 Å². The molecular formula is C14H12BrClF2N2. The van der Waals surface area contributed by atoms with Gasteiger partial charge in [0.25, 0.3) is 0 Å². The summed E-state index contributed by atoms with van der Waals surface area (Å²) in [7, 11) is 0. The molecule has 0 fully saturated rings. The quantitative estimate of drug-likeness (QED) is 0.488. The monoisotopic (exact) mass is 360 g/mol. The van der Waals surface area contributed by atoms with Crippen molar-refractivity contribution in [3.63, 3.8) is 0 Å². The van der Waals surface area contributed by atoms with Crippen LogP contribution >= 0.6 is 27.5 Å². The van der Waals surface area contributed by atoms with Crippen LogP contribution in [0.3, 0.4) is 0 Å². The molecule has 0 saturated carbocycles. The Balaban J connectivity index is 2.33. The summed E-state index contributed by atoms with van der Waals surface area (Å²) < 4.78 is 28.1. The highest BCUT2D eigenvalue weighted by atomic mass is 79.9. The maximum absolute atomic E-state index is 14.1. The first-order valence-electron chi connectivity index (χ1n) is 5.87. The Morgan fingerprint density at radius 1 is 1.15 bits per heavy atom. The lowest BCUT2D eigenvalue weighted by molar-refractivity contribution is 0.470. The van der Waals surface area contributed by atoms with E-state index in [0.29, 0.717) is 11.4 Å². The van der Waals surface area contributed by atoms with E-state index in [4.69, 9.17) is 17.4 Å². The summed E-state index contributed by atoms with van der Waals surface area (Å²) in [5.41, 5.74) is 3.24. The van der Waals surface area contributed by atoms with Crippen LogP contribution in [0.15, 0.2) is 40.9 Å². The second-order valence-corrected chi connectivity index (χ2v) is 5.60. The average Bonchev–Trinajstić information content (AvgIpc) is 2.44. The lowest BCUT2D eigenvalue weighted by Gasteiger charge is -2.18. The molecule has 1 unspecified atom stereocenters. The maximum Gasteiger partial charge on any atom is 0.145 e. The molecule has 0 radical (unpaired) electrons. The van der Waals surface area contributed by atoms with Crippen LogP contribution in [0.25, 0.3) is 0 Å². The number of halogens is 4. The molecule has 2 aromatic carbocycles. The molecule has 0 heterocycles. The van der Waals surface area contributed by atoms with Crippen LogP contribution in [0.1, 0.15) is 17.2 Å². The minimum absolute atomic E-state index is 0.0863. The van der Waals surface area contributed by atoms with Gasteiger partial charge in [0.2, 0.25) is 0 Å². The van der Waals surface area contributed by atoms with E-state index in [-0.39, 0.29) is 10.0 Å². The maximum atomic E-state index is 14.1. The Morgan fingerprint density at radius 3 is 2.40 bits per heavy atom. The lowest BCUT2D eigenvalue weighted by Crippen LogP contribution is -2.31. The number of nitrogens with two attached hydrogens (primary N) is 1. The van der Waals surface area contributed by atoms with Crippen LogP contribution in [-0.2, 0) is 6.42 Å². The van der Waals surface area contributed by atoms with Gasteiger partial charge in [-0.25, -0.2) is 8.78 Å². The van der Waals surface area contributed by atoms with Crippen LogP contribution in [-0.4, -0.2) is 0 Å². The molecule has 0 saturated heterocycles. The van der Waals surface area contributed by atoms with Gasteiger partial charge in [0, 0.05) is 10.6 Å². The Morgan fingerprint density at radius 2 is 1.80 bits per heavy atom. The van der Waals surface area contributed by atoms with Crippen molar-refractivity contribution >= 4 is 27.5 Å². The molecule has 6 heteroatoms. The highest BCUT2D eigenvalue weighted by Gasteiger charge is 2.21. The van der Waals surface area contributed by atoms with E-state index in [1.807, 2.05) is 0 Å². The van der Waals surface area contributed by atoms with Crippen LogP contribution < -0.4 is 11.3 Å². The smallest absolute Gasteiger partial charge is 0.145 e. The van der Waals surface area contributed by atoms with Gasteiger partial charge in [-0.1, -0.05) is 23.7 Å². The zero-order valence-electron chi connectivity index (χ0n) is 10.3. The molecule has 0 aliphatic heterocycles. The Bertz CT molecular complexity index is 605. The average molecular weight is 362 g/mol. The molecule has 0 amide bonds. The van der Waals surface area contributed by atoms with Gasteiger partial charge in [-0.3, -0.25) is 11.3 Å². The largest absolute Gasteiger partial charge is 0.271 e. The molecule has 2 aromatic rings. The standard InChI is InChI=1S/C14H12BrClF2N2/c15-10-5-6-11(17)13(14(10)18)12(20-19)7-8-1-3-9(16)4-2-8/h1-6,12,20H,7,19H2. The van der Waals surface area contributed by atoms with Gasteiger partial charge in [0.05, 0.1) is 10.5 Å². The van der Waals surface area contributed by atoms with Crippen LogP contribution in [0.5, 0.6) is 0 Å². The van der Waals surface area contributed by atoms with Gasteiger partial charge in [0.15, 0.2) is 0 Å². The molecule has 106 valence electrons. The van der Waals surface area contributed by atoms with E-state index in [2.05, 4.69) is 21.4 Å². The van der Waals surface area contributed by atoms with Crippen molar-refractivity contribution < 1.29 is 8.78 Å². The van der Waals surface area contributed by atoms with Crippen molar-refractivity contribution in [3.8, 4) is 0 Å². The third-order valence-corrected chi connectivity index (χ3v) is 3.85. The third-order valence-electron chi connectivity index (χ3n) is 2.98. The lowest BCUT2D eigenvalue weighted by atomic mass is 9.98. The summed E-state index contributed by atoms with van der Waals surface area (Å²) >= 11 is 8.85. The SMILES string of the molecule is NNC(Cc1ccc(Cl)cc1)c1c(F)ccc(Br)c1F. The van der Waals surface area contributed by atoms with Crippen LogP contribution in [0.4, 0.5) is 8.78 Å². The summed E-state index contributed by atoms with van der Waals surface area (Å²) in [6.07, 6.45) is 0.345. The predicted octanol–water partition coefficient (Wildman–Crippen LogP) is 4.13. The van der Waals surface area contributed by atoms with Crippen molar-refractivity contribution in [3.05, 3.63) is 68.7 Å². The fourth-order valence-corrected chi connectivity index (χ4v) is 2.43. The van der Waals surface area contributed by atoms with Crippen molar-refractivity contribution in [2.75, 3.05) is 0 Å². The van der Waals surface area contributed by atoms with Gasteiger partial charge in [-0.05, 0) is 52.2 Å². The molecule has 20 heavy (non-hydrogen) atoms. The highest BCUT2D eigenvalue weighted by molar-refractivity contribution is 9.10. The molecule has 0 aromatic heterocycles. The molecule has 0 aliphatic rings. The summed E-state index contributed by atoms with van der Waals surface area (Å²) in [5, 5.41) is 0.603. The van der Waals surface area contributed by atoms with E-state index in [9.17, 15) is 8.78 Å². The Labute approximate surface area is 129 Å². The number of rotatable bonds is 4. The Kier molecular flexibility index (Phi) is 5.10. The summed E-state index contributed by atoms with van der Waals surface area (Å²) in [4.78, 5) is 0. The van der Waals surface area contributed by atoms with Crippen LogP contribution in [0, 0.1) is 11.6 Å². The normalized spacial score (nSPS) is 12.4. The number of hydrogen-bond donors (Lipinski definition) is 2. The molecule has 0 bridgehead atoms. The molecule has 2 nitrogen and oxygen atoms in total. The fraction of sp³-hybridized carbons (Fsp3) is 0.143. The van der Waals surface area contributed by atoms with Crippen molar-refractivity contribution in [2.24, 2.45) is 5.84 Å². The van der Waals surface area contributed by atoms with Gasteiger partial charge < -0.3 is 0 Å². The van der Waals surface area contributed by atoms with Gasteiger partial charge in [-0.15, -0.1) is 0 Å². The molecule has 1 atom stereocenters. The zero-order chi connectivity index (χ0) is 14.7. The second kappa shape index (κ2) is 6.63. The number of hydrogen-bond acceptors (Lipinski definition) is 2. The van der Waals surface area contributed by atoms with E-state index in [1.54, 1.807) is 24.3 Å². The number of benzene rings is 2.